The molecule has 0 saturated heterocycles. The van der Waals surface area contributed by atoms with Crippen LogP contribution in [0.15, 0.2) is 42.5 Å². The fourth-order valence-corrected chi connectivity index (χ4v) is 6.40. The van der Waals surface area contributed by atoms with Crippen molar-refractivity contribution in [2.45, 2.75) is 103 Å². The molecule has 1 saturated carbocycles. The number of thiazole rings is 1. The van der Waals surface area contributed by atoms with Crippen LogP contribution in [0, 0.1) is 5.92 Å². The van der Waals surface area contributed by atoms with Gasteiger partial charge in [0.2, 0.25) is 0 Å². The molecule has 172 valence electrons. The lowest BCUT2D eigenvalue weighted by Crippen LogP contribution is -2.13. The summed E-state index contributed by atoms with van der Waals surface area (Å²) in [5.41, 5.74) is 5.42. The topological polar surface area (TPSA) is 12.9 Å². The average Bonchev–Trinajstić information content (AvgIpc) is 3.26. The Morgan fingerprint density at radius 1 is 0.812 bits per heavy atom. The summed E-state index contributed by atoms with van der Waals surface area (Å²) >= 11 is 1.85. The highest BCUT2D eigenvalue weighted by atomic mass is 32.1. The molecule has 0 radical (unpaired) electrons. The number of fused-ring (bicyclic) bond motifs is 1. The number of aromatic nitrogens is 1. The van der Waals surface area contributed by atoms with Crippen molar-refractivity contribution in [3.05, 3.63) is 53.6 Å². The van der Waals surface area contributed by atoms with Gasteiger partial charge >= 0.3 is 0 Å². The SMILES string of the molecule is CCCCCCc1ccc2nc(-c3ccc([C@H]4CC[C@H](CCCCC)CC4)cc3)sc2c1. The maximum Gasteiger partial charge on any atom is 0.124 e. The number of benzene rings is 2. The minimum absolute atomic E-state index is 0.761. The molecule has 1 aromatic heterocycles. The zero-order chi connectivity index (χ0) is 22.2. The molecule has 1 aliphatic rings. The largest absolute Gasteiger partial charge is 0.236 e. The van der Waals surface area contributed by atoms with Crippen molar-refractivity contribution < 1.29 is 0 Å². The van der Waals surface area contributed by atoms with Crippen molar-refractivity contribution >= 4 is 21.6 Å². The van der Waals surface area contributed by atoms with Crippen LogP contribution in [0.1, 0.15) is 108 Å². The van der Waals surface area contributed by atoms with Gasteiger partial charge in [-0.15, -0.1) is 11.3 Å². The summed E-state index contributed by atoms with van der Waals surface area (Å²) < 4.78 is 1.33. The van der Waals surface area contributed by atoms with E-state index >= 15 is 0 Å². The Morgan fingerprint density at radius 2 is 1.56 bits per heavy atom. The van der Waals surface area contributed by atoms with Crippen LogP contribution in [0.5, 0.6) is 0 Å². The Labute approximate surface area is 199 Å². The molecule has 0 atom stereocenters. The van der Waals surface area contributed by atoms with Gasteiger partial charge < -0.3 is 0 Å². The molecule has 2 aromatic carbocycles. The summed E-state index contributed by atoms with van der Waals surface area (Å²) in [6.07, 6.45) is 17.7. The zero-order valence-corrected chi connectivity index (χ0v) is 21.1. The van der Waals surface area contributed by atoms with Gasteiger partial charge in [-0.2, -0.15) is 0 Å². The summed E-state index contributed by atoms with van der Waals surface area (Å²) in [7, 11) is 0. The Hall–Kier alpha value is -1.67. The van der Waals surface area contributed by atoms with Gasteiger partial charge in [0, 0.05) is 5.56 Å². The smallest absolute Gasteiger partial charge is 0.124 e. The number of unbranched alkanes of at least 4 members (excludes halogenated alkanes) is 5. The molecule has 4 rings (SSSR count). The molecule has 32 heavy (non-hydrogen) atoms. The summed E-state index contributed by atoms with van der Waals surface area (Å²) in [4.78, 5) is 4.94. The first-order valence-corrected chi connectivity index (χ1v) is 14.1. The monoisotopic (exact) mass is 447 g/mol. The molecule has 0 unspecified atom stereocenters. The van der Waals surface area contributed by atoms with Gasteiger partial charge in [-0.3, -0.25) is 0 Å². The van der Waals surface area contributed by atoms with Crippen molar-refractivity contribution in [2.24, 2.45) is 5.92 Å². The second-order valence-electron chi connectivity index (χ2n) is 9.97. The first-order chi connectivity index (χ1) is 15.8. The highest BCUT2D eigenvalue weighted by Gasteiger charge is 2.22. The van der Waals surface area contributed by atoms with E-state index in [2.05, 4.69) is 56.3 Å². The molecular weight excluding hydrogens is 406 g/mol. The van der Waals surface area contributed by atoms with Crippen LogP contribution >= 0.6 is 11.3 Å². The standard InChI is InChI=1S/C30H41NS/c1-3-5-7-9-11-24-14-21-28-29(22-24)32-30(31-28)27-19-17-26(18-20-27)25-15-12-23(13-16-25)10-8-6-4-2/h14,17-23,25H,3-13,15-16H2,1-2H3/t23-,25-. The number of aryl methyl sites for hydroxylation is 1. The quantitative estimate of drug-likeness (QED) is 0.266. The van der Waals surface area contributed by atoms with E-state index in [1.807, 2.05) is 11.3 Å². The average molecular weight is 448 g/mol. The van der Waals surface area contributed by atoms with Crippen LogP contribution < -0.4 is 0 Å². The first kappa shape index (κ1) is 23.5. The molecule has 1 heterocycles. The molecular formula is C30H41NS. The Morgan fingerprint density at radius 3 is 2.31 bits per heavy atom. The van der Waals surface area contributed by atoms with E-state index in [1.165, 1.54) is 105 Å². The summed E-state index contributed by atoms with van der Waals surface area (Å²) in [5, 5.41) is 1.16. The molecule has 0 bridgehead atoms. The van der Waals surface area contributed by atoms with Gasteiger partial charge in [0.25, 0.3) is 0 Å². The Bertz CT molecular complexity index is 947. The fraction of sp³-hybridized carbons (Fsp3) is 0.567. The molecule has 1 aliphatic carbocycles. The Kier molecular flexibility index (Phi) is 8.79. The van der Waals surface area contributed by atoms with E-state index in [0.29, 0.717) is 0 Å². The molecule has 0 amide bonds. The van der Waals surface area contributed by atoms with Crippen molar-refractivity contribution in [1.82, 2.24) is 4.98 Å². The predicted molar refractivity (Wildman–Crippen MR) is 142 cm³/mol. The summed E-state index contributed by atoms with van der Waals surface area (Å²) in [6.45, 7) is 4.58. The third kappa shape index (κ3) is 6.22. The summed E-state index contributed by atoms with van der Waals surface area (Å²) in [5.74, 6) is 1.74. The second kappa shape index (κ2) is 12.0. The van der Waals surface area contributed by atoms with E-state index < -0.39 is 0 Å². The minimum atomic E-state index is 0.761. The number of hydrogen-bond acceptors (Lipinski definition) is 2. The number of hydrogen-bond donors (Lipinski definition) is 0. The van der Waals surface area contributed by atoms with Crippen LogP contribution in [0.3, 0.4) is 0 Å². The van der Waals surface area contributed by atoms with Gasteiger partial charge in [0.15, 0.2) is 0 Å². The fourth-order valence-electron chi connectivity index (χ4n) is 5.37. The Balaban J connectivity index is 1.35. The molecule has 1 nitrogen and oxygen atoms in total. The highest BCUT2D eigenvalue weighted by Crippen LogP contribution is 2.39. The maximum atomic E-state index is 4.94. The van der Waals surface area contributed by atoms with Crippen molar-refractivity contribution in [1.29, 1.82) is 0 Å². The van der Waals surface area contributed by atoms with Gasteiger partial charge in [-0.1, -0.05) is 89.1 Å². The van der Waals surface area contributed by atoms with Crippen molar-refractivity contribution in [2.75, 3.05) is 0 Å². The van der Waals surface area contributed by atoms with Crippen molar-refractivity contribution in [3.8, 4) is 10.6 Å². The molecule has 1 fully saturated rings. The van der Waals surface area contributed by atoms with Crippen LogP contribution in [-0.2, 0) is 6.42 Å². The van der Waals surface area contributed by atoms with Crippen LogP contribution in [-0.4, -0.2) is 4.98 Å². The van der Waals surface area contributed by atoms with E-state index in [1.54, 1.807) is 0 Å². The zero-order valence-electron chi connectivity index (χ0n) is 20.2. The highest BCUT2D eigenvalue weighted by molar-refractivity contribution is 7.21. The normalized spacial score (nSPS) is 18.9. The lowest BCUT2D eigenvalue weighted by molar-refractivity contribution is 0.303. The molecule has 3 aromatic rings. The first-order valence-electron chi connectivity index (χ1n) is 13.3. The van der Waals surface area contributed by atoms with E-state index in [-0.39, 0.29) is 0 Å². The van der Waals surface area contributed by atoms with Crippen LogP contribution in [0.2, 0.25) is 0 Å². The minimum Gasteiger partial charge on any atom is -0.236 e. The van der Waals surface area contributed by atoms with Gasteiger partial charge in [-0.25, -0.2) is 4.98 Å². The molecule has 2 heteroatoms. The predicted octanol–water partition coefficient (Wildman–Crippen LogP) is 9.94. The van der Waals surface area contributed by atoms with Crippen LogP contribution in [0.25, 0.3) is 20.8 Å². The number of rotatable bonds is 11. The molecule has 0 aliphatic heterocycles. The van der Waals surface area contributed by atoms with Crippen molar-refractivity contribution in [3.63, 3.8) is 0 Å². The van der Waals surface area contributed by atoms with E-state index in [4.69, 9.17) is 4.98 Å². The van der Waals surface area contributed by atoms with E-state index in [9.17, 15) is 0 Å². The van der Waals surface area contributed by atoms with Gasteiger partial charge in [0.05, 0.1) is 10.2 Å². The molecule has 0 N–H and O–H groups in total. The lowest BCUT2D eigenvalue weighted by atomic mass is 9.77. The number of nitrogens with zero attached hydrogens (tertiary/aromatic N) is 1. The van der Waals surface area contributed by atoms with E-state index in [0.717, 1.165) is 22.4 Å². The third-order valence-electron chi connectivity index (χ3n) is 7.46. The third-order valence-corrected chi connectivity index (χ3v) is 8.53. The molecule has 0 spiro atoms. The van der Waals surface area contributed by atoms with Gasteiger partial charge in [-0.05, 0) is 73.6 Å². The second-order valence-corrected chi connectivity index (χ2v) is 11.0. The summed E-state index contributed by atoms with van der Waals surface area (Å²) in [6, 6.07) is 16.2. The van der Waals surface area contributed by atoms with Gasteiger partial charge in [0.1, 0.15) is 5.01 Å². The van der Waals surface area contributed by atoms with Crippen LogP contribution in [0.4, 0.5) is 0 Å². The maximum absolute atomic E-state index is 4.94. The lowest BCUT2D eigenvalue weighted by Gasteiger charge is -2.29.